The van der Waals surface area contributed by atoms with Crippen molar-refractivity contribution in [3.63, 3.8) is 0 Å². The molecule has 0 saturated heterocycles. The Hall–Kier alpha value is -1.66. The number of nitrogens with two attached hydrogens (primary N) is 1. The third-order valence-corrected chi connectivity index (χ3v) is 3.26. The number of anilines is 1. The molecule has 0 unspecified atom stereocenters. The van der Waals surface area contributed by atoms with Crippen LogP contribution < -0.4 is 5.73 Å². The van der Waals surface area contributed by atoms with Crippen LogP contribution in [0.25, 0.3) is 11.4 Å². The Morgan fingerprint density at radius 3 is 1.91 bits per heavy atom. The zero-order valence-corrected chi connectivity index (χ0v) is 11.9. The second-order valence-electron chi connectivity index (χ2n) is 5.20. The Morgan fingerprint density at radius 1 is 0.957 bits per heavy atom. The van der Waals surface area contributed by atoms with E-state index in [1.807, 2.05) is 0 Å². The van der Waals surface area contributed by atoms with Crippen molar-refractivity contribution in [3.8, 4) is 11.4 Å². The van der Waals surface area contributed by atoms with Crippen molar-refractivity contribution in [1.29, 1.82) is 0 Å². The van der Waals surface area contributed by atoms with Gasteiger partial charge in [-0.15, -0.1) is 5.11 Å². The van der Waals surface area contributed by atoms with Crippen LogP contribution in [-0.2, 0) is 11.5 Å². The van der Waals surface area contributed by atoms with E-state index in [1.54, 1.807) is 0 Å². The van der Waals surface area contributed by atoms with Gasteiger partial charge in [0.15, 0.2) is 5.69 Å². The predicted octanol–water partition coefficient (Wildman–Crippen LogP) is 0.678. The van der Waals surface area contributed by atoms with Crippen LogP contribution in [0, 0.1) is 0 Å². The van der Waals surface area contributed by atoms with Gasteiger partial charge in [0.1, 0.15) is 5.82 Å². The number of hydrogen-bond donors (Lipinski definition) is 1. The Bertz CT molecular complexity index is 704. The number of hydrogen-bond acceptors (Lipinski definition) is 2. The number of imidazole rings is 1. The van der Waals surface area contributed by atoms with Gasteiger partial charge in [0.2, 0.25) is 0 Å². The first-order valence-corrected chi connectivity index (χ1v) is 6.31. The third-order valence-electron chi connectivity index (χ3n) is 3.26. The highest BCUT2D eigenvalue weighted by atomic mass is 19.4. The molecule has 0 aliphatic rings. The predicted molar refractivity (Wildman–Crippen MR) is 86.5 cm³/mol. The van der Waals surface area contributed by atoms with E-state index in [0.717, 1.165) is 4.57 Å². The van der Waals surface area contributed by atoms with Crippen molar-refractivity contribution < 1.29 is 13.2 Å². The molecule has 2 rings (SSSR count). The van der Waals surface area contributed by atoms with Gasteiger partial charge in [0.25, 0.3) is 0 Å². The average molecular weight is 304 g/mol. The molecular weight excluding hydrogens is 297 g/mol. The molecule has 0 aliphatic carbocycles. The minimum Gasteiger partial charge on any atom is -0.399 e. The van der Waals surface area contributed by atoms with Crippen LogP contribution >= 0.6 is 0 Å². The van der Waals surface area contributed by atoms with E-state index in [-0.39, 0.29) is 11.4 Å². The summed E-state index contributed by atoms with van der Waals surface area (Å²) >= 11 is 0. The molecule has 0 saturated carbocycles. The minimum atomic E-state index is -4.72. The van der Waals surface area contributed by atoms with Crippen LogP contribution in [0.1, 0.15) is 5.69 Å². The molecule has 0 spiro atoms. The molecule has 11 heteroatoms. The summed E-state index contributed by atoms with van der Waals surface area (Å²) in [4.78, 5) is 3.53. The van der Waals surface area contributed by atoms with Crippen molar-refractivity contribution >= 4 is 44.9 Å². The van der Waals surface area contributed by atoms with Crippen LogP contribution in [0.4, 0.5) is 18.9 Å². The summed E-state index contributed by atoms with van der Waals surface area (Å²) in [5, 5.41) is -4.45. The number of halogens is 3. The van der Waals surface area contributed by atoms with Gasteiger partial charge in [-0.2, -0.15) is 13.2 Å². The van der Waals surface area contributed by atoms with Gasteiger partial charge in [-0.25, -0.2) is 4.98 Å². The molecule has 23 heavy (non-hydrogen) atoms. The molecule has 106 valence electrons. The van der Waals surface area contributed by atoms with E-state index in [2.05, 4.69) is 4.98 Å². The van der Waals surface area contributed by atoms with Crippen molar-refractivity contribution in [1.82, 2.24) is 9.55 Å². The maximum absolute atomic E-state index is 13.0. The van der Waals surface area contributed by atoms with Gasteiger partial charge in [0, 0.05) is 17.4 Å². The molecule has 1 heterocycles. The molecule has 10 radical (unpaired) electrons. The maximum atomic E-state index is 13.0. The first kappa shape index (κ1) is 17.7. The average Bonchev–Trinajstić information content (AvgIpc) is 2.83. The molecule has 1 aromatic heterocycles. The second kappa shape index (κ2) is 5.46. The van der Waals surface area contributed by atoms with E-state index < -0.39 is 22.3 Å². The molecule has 0 atom stereocenters. The number of nitrogen functional groups attached to an aromatic ring is 1. The van der Waals surface area contributed by atoms with E-state index in [0.29, 0.717) is 11.9 Å². The lowest BCUT2D eigenvalue weighted by Gasteiger charge is -2.44. The van der Waals surface area contributed by atoms with Crippen molar-refractivity contribution in [2.24, 2.45) is 0 Å². The summed E-state index contributed by atoms with van der Waals surface area (Å²) in [5.74, 6) is -0.201. The van der Waals surface area contributed by atoms with Crippen LogP contribution in [0.15, 0.2) is 30.5 Å². The van der Waals surface area contributed by atoms with Crippen molar-refractivity contribution in [3.05, 3.63) is 36.2 Å². The highest BCUT2D eigenvalue weighted by Gasteiger charge is 2.39. The van der Waals surface area contributed by atoms with E-state index in [4.69, 9.17) is 45.0 Å². The second-order valence-corrected chi connectivity index (χ2v) is 5.20. The number of aromatic nitrogens is 2. The van der Waals surface area contributed by atoms with Crippen LogP contribution in [0.2, 0.25) is 5.11 Å². The fraction of sp³-hybridized carbons (Fsp3) is 0.250. The van der Waals surface area contributed by atoms with Gasteiger partial charge in [-0.3, -0.25) is 0 Å². The lowest BCUT2D eigenvalue weighted by Crippen LogP contribution is -2.48. The van der Waals surface area contributed by atoms with Crippen molar-refractivity contribution in [2.45, 2.75) is 16.6 Å². The molecule has 2 N–H and O–H groups in total. The summed E-state index contributed by atoms with van der Waals surface area (Å²) in [6, 6.07) is 5.87. The number of rotatable bonds is 3. The van der Waals surface area contributed by atoms with Crippen LogP contribution in [0.3, 0.4) is 0 Å². The first-order chi connectivity index (χ1) is 10.3. The van der Waals surface area contributed by atoms with Gasteiger partial charge in [-0.1, -0.05) is 0 Å². The van der Waals surface area contributed by atoms with Gasteiger partial charge in [-0.05, 0) is 29.6 Å². The molecule has 1 aromatic carbocycles. The normalized spacial score (nSPS) is 13.2. The summed E-state index contributed by atoms with van der Waals surface area (Å²) in [6.45, 7) is 0. The van der Waals surface area contributed by atoms with Gasteiger partial charge in [0.05, 0.1) is 39.2 Å². The topological polar surface area (TPSA) is 43.8 Å². The van der Waals surface area contributed by atoms with Crippen molar-refractivity contribution in [2.75, 3.05) is 5.73 Å². The third kappa shape index (κ3) is 3.33. The molecule has 0 aliphatic heterocycles. The van der Waals surface area contributed by atoms with Gasteiger partial charge >= 0.3 is 6.18 Å². The zero-order valence-electron chi connectivity index (χ0n) is 11.9. The maximum Gasteiger partial charge on any atom is 0.434 e. The zero-order chi connectivity index (χ0) is 17.6. The van der Waals surface area contributed by atoms with Crippen LogP contribution in [-0.4, -0.2) is 48.8 Å². The SMILES string of the molecule is [B]C([B])([B])C([B])([B])n1cc(C(F)(F)F)nc1-c1ccc(N)cc1. The molecule has 3 nitrogen and oxygen atoms in total. The highest BCUT2D eigenvalue weighted by Crippen LogP contribution is 2.37. The summed E-state index contributed by atoms with van der Waals surface area (Å²) in [6.07, 6.45) is -4.11. The number of nitrogens with zero attached hydrogens (tertiary/aromatic N) is 2. The molecular formula is C12H7B5F3N3. The Labute approximate surface area is 138 Å². The van der Waals surface area contributed by atoms with E-state index in [9.17, 15) is 13.2 Å². The summed E-state index contributed by atoms with van der Waals surface area (Å²) in [7, 11) is 28.0. The smallest absolute Gasteiger partial charge is 0.399 e. The summed E-state index contributed by atoms with van der Waals surface area (Å²) in [5.41, 5.74) is 5.04. The lowest BCUT2D eigenvalue weighted by atomic mass is 9.26. The largest absolute Gasteiger partial charge is 0.434 e. The summed E-state index contributed by atoms with van der Waals surface area (Å²) < 4.78 is 39.7. The monoisotopic (exact) mass is 305 g/mol. The first-order valence-electron chi connectivity index (χ1n) is 6.31. The lowest BCUT2D eigenvalue weighted by molar-refractivity contribution is -0.140. The number of alkyl halides is 3. The Kier molecular flexibility index (Phi) is 4.20. The molecule has 0 fully saturated rings. The number of benzene rings is 1. The fourth-order valence-electron chi connectivity index (χ4n) is 1.84. The van der Waals surface area contributed by atoms with E-state index in [1.165, 1.54) is 24.3 Å². The van der Waals surface area contributed by atoms with E-state index >= 15 is 0 Å². The molecule has 0 amide bonds. The fourth-order valence-corrected chi connectivity index (χ4v) is 1.84. The standard InChI is InChI=1S/C12H7B5F3N3/c13-11(14,15)12(16,17)23-5-8(10(18,19)20)22-9(23)6-1-3-7(21)4-2-6/h1-5H,21H2. The molecule has 0 bridgehead atoms. The minimum absolute atomic E-state index is 0.201. The Morgan fingerprint density at radius 2 is 1.48 bits per heavy atom. The molecule has 2 aromatic rings. The quantitative estimate of drug-likeness (QED) is 0.669. The highest BCUT2D eigenvalue weighted by molar-refractivity contribution is 6.66. The van der Waals surface area contributed by atoms with Crippen LogP contribution in [0.5, 0.6) is 0 Å². The Balaban J connectivity index is 2.70. The van der Waals surface area contributed by atoms with Gasteiger partial charge < -0.3 is 10.3 Å².